The standard InChI is InChI=1S/C14H17F3N3O4P/c1-3-23-25(21,18-8-9-22-2)11-6-4-10(5-7-11)12-19-13(24-20-12)14(15,16)17/h4-7H,3,8-9H2,1-2H3,(H,18,21). The van der Waals surface area contributed by atoms with E-state index in [2.05, 4.69) is 19.8 Å². The van der Waals surface area contributed by atoms with Crippen molar-refractivity contribution in [2.75, 3.05) is 26.9 Å². The highest BCUT2D eigenvalue weighted by molar-refractivity contribution is 7.65. The van der Waals surface area contributed by atoms with Crippen LogP contribution in [-0.2, 0) is 20.0 Å². The third-order valence-electron chi connectivity index (χ3n) is 3.07. The van der Waals surface area contributed by atoms with Gasteiger partial charge in [0.05, 0.1) is 18.5 Å². The molecular formula is C14H17F3N3O4P. The van der Waals surface area contributed by atoms with E-state index in [-0.39, 0.29) is 12.4 Å². The van der Waals surface area contributed by atoms with E-state index in [1.165, 1.54) is 31.4 Å². The number of nitrogens with zero attached hydrogens (tertiary/aromatic N) is 2. The van der Waals surface area contributed by atoms with Gasteiger partial charge in [-0.05, 0) is 19.1 Å². The average molecular weight is 379 g/mol. The number of nitrogens with one attached hydrogen (secondary N) is 1. The number of hydrogen-bond donors (Lipinski definition) is 1. The largest absolute Gasteiger partial charge is 0.471 e. The van der Waals surface area contributed by atoms with Crippen LogP contribution in [0, 0.1) is 0 Å². The summed E-state index contributed by atoms with van der Waals surface area (Å²) < 4.78 is 64.8. The maximum atomic E-state index is 12.9. The van der Waals surface area contributed by atoms with E-state index in [1.54, 1.807) is 6.92 Å². The van der Waals surface area contributed by atoms with Gasteiger partial charge in [0.25, 0.3) is 7.52 Å². The number of halogens is 3. The number of rotatable bonds is 8. The summed E-state index contributed by atoms with van der Waals surface area (Å²) in [6, 6.07) is 5.86. The first-order valence-corrected chi connectivity index (χ1v) is 8.93. The van der Waals surface area contributed by atoms with Gasteiger partial charge in [0, 0.05) is 19.2 Å². The molecule has 0 bridgehead atoms. The zero-order valence-corrected chi connectivity index (χ0v) is 14.4. The average Bonchev–Trinajstić information content (AvgIpc) is 3.06. The number of aromatic nitrogens is 2. The third-order valence-corrected chi connectivity index (χ3v) is 5.31. The van der Waals surface area contributed by atoms with Crippen molar-refractivity contribution in [1.29, 1.82) is 0 Å². The van der Waals surface area contributed by atoms with Crippen LogP contribution in [0.25, 0.3) is 11.4 Å². The van der Waals surface area contributed by atoms with Gasteiger partial charge < -0.3 is 13.8 Å². The molecule has 11 heteroatoms. The van der Waals surface area contributed by atoms with E-state index < -0.39 is 19.6 Å². The lowest BCUT2D eigenvalue weighted by Crippen LogP contribution is -2.24. The molecule has 1 aromatic carbocycles. The van der Waals surface area contributed by atoms with Crippen LogP contribution in [0.3, 0.4) is 0 Å². The van der Waals surface area contributed by atoms with Gasteiger partial charge in [-0.1, -0.05) is 17.3 Å². The summed E-state index contributed by atoms with van der Waals surface area (Å²) in [6.07, 6.45) is -4.71. The molecule has 0 radical (unpaired) electrons. The van der Waals surface area contributed by atoms with Crippen LogP contribution in [0.15, 0.2) is 28.8 Å². The Morgan fingerprint density at radius 1 is 1.28 bits per heavy atom. The Labute approximate surface area is 142 Å². The molecule has 0 spiro atoms. The van der Waals surface area contributed by atoms with E-state index in [0.717, 1.165) is 0 Å². The first-order chi connectivity index (χ1) is 11.8. The normalized spacial score (nSPS) is 14.4. The molecule has 0 saturated heterocycles. The van der Waals surface area contributed by atoms with Crippen molar-refractivity contribution in [3.63, 3.8) is 0 Å². The Balaban J connectivity index is 2.22. The molecule has 0 aliphatic heterocycles. The molecule has 138 valence electrons. The Morgan fingerprint density at radius 2 is 1.96 bits per heavy atom. The van der Waals surface area contributed by atoms with Gasteiger partial charge in [-0.3, -0.25) is 4.57 Å². The second kappa shape index (κ2) is 8.09. The summed E-state index contributed by atoms with van der Waals surface area (Å²) in [5.41, 5.74) is 0.294. The van der Waals surface area contributed by atoms with Crippen LogP contribution in [0.1, 0.15) is 12.8 Å². The molecule has 0 aliphatic carbocycles. The van der Waals surface area contributed by atoms with Crippen LogP contribution in [-0.4, -0.2) is 37.0 Å². The summed E-state index contributed by atoms with van der Waals surface area (Å²) in [4.78, 5) is 3.31. The molecule has 25 heavy (non-hydrogen) atoms. The van der Waals surface area contributed by atoms with Crippen molar-refractivity contribution in [3.05, 3.63) is 30.2 Å². The van der Waals surface area contributed by atoms with Gasteiger partial charge >= 0.3 is 12.1 Å². The minimum atomic E-state index is -4.71. The molecule has 0 fully saturated rings. The van der Waals surface area contributed by atoms with Crippen LogP contribution >= 0.6 is 7.52 Å². The van der Waals surface area contributed by atoms with Gasteiger partial charge in [-0.15, -0.1) is 0 Å². The van der Waals surface area contributed by atoms with Crippen LogP contribution < -0.4 is 10.4 Å². The van der Waals surface area contributed by atoms with E-state index in [4.69, 9.17) is 9.26 Å². The number of alkyl halides is 3. The molecule has 2 rings (SSSR count). The van der Waals surface area contributed by atoms with E-state index in [1.807, 2.05) is 0 Å². The van der Waals surface area contributed by atoms with Gasteiger partial charge in [-0.2, -0.15) is 18.2 Å². The summed E-state index contributed by atoms with van der Waals surface area (Å²) in [5.74, 6) is -1.63. The molecule has 1 N–H and O–H groups in total. The topological polar surface area (TPSA) is 86.5 Å². The predicted molar refractivity (Wildman–Crippen MR) is 83.5 cm³/mol. The lowest BCUT2D eigenvalue weighted by molar-refractivity contribution is -0.159. The molecule has 0 saturated carbocycles. The van der Waals surface area contributed by atoms with Crippen molar-refractivity contribution in [2.45, 2.75) is 13.1 Å². The highest BCUT2D eigenvalue weighted by Gasteiger charge is 2.38. The summed E-state index contributed by atoms with van der Waals surface area (Å²) in [5, 5.41) is 6.48. The number of methoxy groups -OCH3 is 1. The van der Waals surface area contributed by atoms with Crippen LogP contribution in [0.5, 0.6) is 0 Å². The monoisotopic (exact) mass is 379 g/mol. The Bertz CT molecular complexity index is 734. The molecule has 1 heterocycles. The maximum absolute atomic E-state index is 12.9. The van der Waals surface area contributed by atoms with E-state index >= 15 is 0 Å². The number of benzene rings is 1. The molecule has 2 aromatic rings. The molecule has 0 amide bonds. The lowest BCUT2D eigenvalue weighted by Gasteiger charge is -2.19. The minimum absolute atomic E-state index is 0.211. The first kappa shape index (κ1) is 19.6. The molecule has 1 atom stereocenters. The minimum Gasteiger partial charge on any atom is -0.383 e. The second-order valence-corrected chi connectivity index (χ2v) is 7.03. The fourth-order valence-electron chi connectivity index (χ4n) is 1.95. The SMILES string of the molecule is CCOP(=O)(NCCOC)c1ccc(-c2noc(C(F)(F)F)n2)cc1. The fourth-order valence-corrected chi connectivity index (χ4v) is 3.66. The molecule has 0 aliphatic rings. The van der Waals surface area contributed by atoms with Crippen molar-refractivity contribution in [2.24, 2.45) is 0 Å². The predicted octanol–water partition coefficient (Wildman–Crippen LogP) is 2.85. The Hall–Kier alpha value is -1.74. The highest BCUT2D eigenvalue weighted by atomic mass is 31.2. The number of ether oxygens (including phenoxy) is 1. The van der Waals surface area contributed by atoms with Gasteiger partial charge in [0.15, 0.2) is 0 Å². The summed E-state index contributed by atoms with van der Waals surface area (Å²) in [6.45, 7) is 2.59. The molecule has 1 unspecified atom stereocenters. The second-order valence-electron chi connectivity index (χ2n) is 4.84. The van der Waals surface area contributed by atoms with Crippen LogP contribution in [0.2, 0.25) is 0 Å². The van der Waals surface area contributed by atoms with Gasteiger partial charge in [0.1, 0.15) is 0 Å². The van der Waals surface area contributed by atoms with Crippen molar-refractivity contribution < 1.29 is 31.5 Å². The first-order valence-electron chi connectivity index (χ1n) is 7.30. The smallest absolute Gasteiger partial charge is 0.383 e. The Morgan fingerprint density at radius 3 is 2.48 bits per heavy atom. The maximum Gasteiger partial charge on any atom is 0.471 e. The van der Waals surface area contributed by atoms with Crippen molar-refractivity contribution in [1.82, 2.24) is 15.2 Å². The van der Waals surface area contributed by atoms with Crippen molar-refractivity contribution >= 4 is 12.8 Å². The lowest BCUT2D eigenvalue weighted by atomic mass is 10.2. The third kappa shape index (κ3) is 4.88. The summed E-state index contributed by atoms with van der Waals surface area (Å²) in [7, 11) is -1.79. The zero-order valence-electron chi connectivity index (χ0n) is 13.5. The van der Waals surface area contributed by atoms with Gasteiger partial charge in [-0.25, -0.2) is 5.09 Å². The van der Waals surface area contributed by atoms with E-state index in [9.17, 15) is 17.7 Å². The Kier molecular flexibility index (Phi) is 6.34. The molecule has 7 nitrogen and oxygen atoms in total. The highest BCUT2D eigenvalue weighted by Crippen LogP contribution is 2.41. The fraction of sp³-hybridized carbons (Fsp3) is 0.429. The van der Waals surface area contributed by atoms with Crippen LogP contribution in [0.4, 0.5) is 13.2 Å². The molecular weight excluding hydrogens is 362 g/mol. The quantitative estimate of drug-likeness (QED) is 0.558. The number of hydrogen-bond acceptors (Lipinski definition) is 6. The van der Waals surface area contributed by atoms with Crippen molar-refractivity contribution in [3.8, 4) is 11.4 Å². The molecule has 1 aromatic heterocycles. The van der Waals surface area contributed by atoms with Gasteiger partial charge in [0.2, 0.25) is 5.82 Å². The summed E-state index contributed by atoms with van der Waals surface area (Å²) >= 11 is 0. The van der Waals surface area contributed by atoms with E-state index in [0.29, 0.717) is 24.0 Å². The zero-order chi connectivity index (χ0) is 18.5.